The number of hydrogen-bond donors (Lipinski definition) is 2. The van der Waals surface area contributed by atoms with Gasteiger partial charge in [0.1, 0.15) is 11.6 Å². The first kappa shape index (κ1) is 31.1. The Hall–Kier alpha value is -3.89. The number of aromatic hydroxyl groups is 1. The van der Waals surface area contributed by atoms with Gasteiger partial charge in [0.25, 0.3) is 0 Å². The number of aromatic nitrogens is 2. The summed E-state index contributed by atoms with van der Waals surface area (Å²) in [7, 11) is 2.17. The maximum absolute atomic E-state index is 10.8. The lowest BCUT2D eigenvalue weighted by molar-refractivity contribution is -0.125. The highest BCUT2D eigenvalue weighted by Gasteiger charge is 2.24. The van der Waals surface area contributed by atoms with Crippen molar-refractivity contribution in [2.45, 2.75) is 33.2 Å². The molecule has 1 saturated heterocycles. The number of hydrogen-bond acceptors (Lipinski definition) is 9. The number of piperazine rings is 1. The van der Waals surface area contributed by atoms with E-state index >= 15 is 0 Å². The second-order valence-electron chi connectivity index (χ2n) is 10.7. The Morgan fingerprint density at radius 1 is 1.12 bits per heavy atom. The number of benzene rings is 2. The van der Waals surface area contributed by atoms with Gasteiger partial charge in [-0.3, -0.25) is 4.79 Å². The number of likely N-dealkylation sites (N-methyl/N-ethyl adjacent to an activating group) is 2. The van der Waals surface area contributed by atoms with E-state index in [9.17, 15) is 9.90 Å². The maximum atomic E-state index is 10.8. The van der Waals surface area contributed by atoms with E-state index in [4.69, 9.17) is 15.5 Å². The highest BCUT2D eigenvalue weighted by atomic mass is 16.5. The van der Waals surface area contributed by atoms with Gasteiger partial charge in [0.15, 0.2) is 0 Å². The molecule has 2 aromatic carbocycles. The number of amides is 1. The summed E-state index contributed by atoms with van der Waals surface area (Å²) in [5.74, 6) is 0.788. The second kappa shape index (κ2) is 14.8. The number of fused-ring (bicyclic) bond motifs is 2. The molecule has 3 heterocycles. The van der Waals surface area contributed by atoms with Gasteiger partial charge in [0.2, 0.25) is 5.91 Å². The van der Waals surface area contributed by atoms with E-state index < -0.39 is 0 Å². The fourth-order valence-electron chi connectivity index (χ4n) is 5.43. The summed E-state index contributed by atoms with van der Waals surface area (Å²) >= 11 is 0. The van der Waals surface area contributed by atoms with Gasteiger partial charge in [0, 0.05) is 75.1 Å². The zero-order valence-corrected chi connectivity index (χ0v) is 25.3. The van der Waals surface area contributed by atoms with Crippen LogP contribution in [0, 0.1) is 0 Å². The highest BCUT2D eigenvalue weighted by molar-refractivity contribution is 5.95. The molecule has 0 bridgehead atoms. The second-order valence-corrected chi connectivity index (χ2v) is 10.7. The maximum Gasteiger partial charge on any atom is 0.318 e. The quantitative estimate of drug-likeness (QED) is 0.292. The molecule has 42 heavy (non-hydrogen) atoms. The summed E-state index contributed by atoms with van der Waals surface area (Å²) in [6.07, 6.45) is 3.04. The Labute approximate surface area is 249 Å². The van der Waals surface area contributed by atoms with E-state index in [1.165, 1.54) is 6.08 Å². The third-order valence-electron chi connectivity index (χ3n) is 7.94. The van der Waals surface area contributed by atoms with Gasteiger partial charge in [-0.2, -0.15) is 9.97 Å². The third-order valence-corrected chi connectivity index (χ3v) is 7.94. The number of nitrogen functional groups attached to an aromatic ring is 1. The summed E-state index contributed by atoms with van der Waals surface area (Å²) in [5.41, 5.74) is 9.17. The van der Waals surface area contributed by atoms with Crippen molar-refractivity contribution in [3.05, 3.63) is 60.3 Å². The van der Waals surface area contributed by atoms with Crippen LogP contribution in [0.2, 0.25) is 0 Å². The molecule has 5 rings (SSSR count). The summed E-state index contributed by atoms with van der Waals surface area (Å²) < 4.78 is 5.90. The number of nitrogens with zero attached hydrogens (tertiary/aromatic N) is 6. The van der Waals surface area contributed by atoms with Crippen LogP contribution in [0.25, 0.3) is 10.8 Å². The van der Waals surface area contributed by atoms with Gasteiger partial charge in [-0.25, -0.2) is 0 Å². The van der Waals surface area contributed by atoms with Crippen LogP contribution in [0.5, 0.6) is 11.8 Å². The van der Waals surface area contributed by atoms with Crippen LogP contribution in [0.1, 0.15) is 31.5 Å². The molecule has 2 aliphatic rings. The van der Waals surface area contributed by atoms with Crippen LogP contribution in [0.4, 0.5) is 11.5 Å². The van der Waals surface area contributed by atoms with Crippen LogP contribution in [-0.2, 0) is 17.8 Å². The Balaban J connectivity index is 0.000000392. The lowest BCUT2D eigenvalue weighted by atomic mass is 10.0. The van der Waals surface area contributed by atoms with Crippen LogP contribution in [0.3, 0.4) is 0 Å². The topological polar surface area (TPSA) is 111 Å². The van der Waals surface area contributed by atoms with E-state index in [1.807, 2.05) is 38.1 Å². The number of anilines is 2. The van der Waals surface area contributed by atoms with Crippen LogP contribution in [0.15, 0.2) is 49.1 Å². The number of carbonyl (C=O) groups excluding carboxylic acids is 1. The average molecular weight is 576 g/mol. The van der Waals surface area contributed by atoms with Crippen molar-refractivity contribution in [1.82, 2.24) is 24.7 Å². The molecule has 226 valence electrons. The van der Waals surface area contributed by atoms with Crippen molar-refractivity contribution in [3.8, 4) is 11.8 Å². The van der Waals surface area contributed by atoms with Gasteiger partial charge in [-0.15, -0.1) is 0 Å². The molecule has 0 radical (unpaired) electrons. The zero-order valence-electron chi connectivity index (χ0n) is 25.3. The Morgan fingerprint density at radius 2 is 1.86 bits per heavy atom. The molecule has 0 saturated carbocycles. The van der Waals surface area contributed by atoms with Gasteiger partial charge >= 0.3 is 6.01 Å². The smallest absolute Gasteiger partial charge is 0.318 e. The molecule has 2 aliphatic heterocycles. The Bertz CT molecular complexity index is 1350. The van der Waals surface area contributed by atoms with Crippen LogP contribution in [-0.4, -0.2) is 102 Å². The molecule has 1 fully saturated rings. The molecule has 0 aliphatic carbocycles. The van der Waals surface area contributed by atoms with Crippen molar-refractivity contribution >= 4 is 28.2 Å². The SMILES string of the molecule is C=CC(=O)N(CC)CC.CN1CCN(CCCOc2nc(N)c3c(n2)CN(c2cc(O)cc4ccccc24)CC3)CC1. The van der Waals surface area contributed by atoms with Crippen molar-refractivity contribution in [2.24, 2.45) is 0 Å². The number of nitrogens with two attached hydrogens (primary N) is 1. The predicted octanol–water partition coefficient (Wildman–Crippen LogP) is 3.54. The zero-order chi connectivity index (χ0) is 30.1. The largest absolute Gasteiger partial charge is 0.508 e. The normalized spacial score (nSPS) is 15.5. The molecule has 10 nitrogen and oxygen atoms in total. The lowest BCUT2D eigenvalue weighted by Crippen LogP contribution is -2.44. The number of ether oxygens (including phenoxy) is 1. The summed E-state index contributed by atoms with van der Waals surface area (Å²) in [4.78, 5) is 28.7. The summed E-state index contributed by atoms with van der Waals surface area (Å²) in [5, 5.41) is 12.4. The van der Waals surface area contributed by atoms with E-state index in [0.717, 1.165) is 92.9 Å². The van der Waals surface area contributed by atoms with Gasteiger partial charge < -0.3 is 35.2 Å². The molecule has 0 spiro atoms. The first-order chi connectivity index (χ1) is 20.3. The molecule has 0 atom stereocenters. The molecule has 1 aromatic heterocycles. The minimum atomic E-state index is 0.0139. The third kappa shape index (κ3) is 7.89. The average Bonchev–Trinajstić information content (AvgIpc) is 3.00. The highest BCUT2D eigenvalue weighted by Crippen LogP contribution is 2.35. The van der Waals surface area contributed by atoms with E-state index in [-0.39, 0.29) is 11.7 Å². The first-order valence-corrected chi connectivity index (χ1v) is 14.9. The molecule has 0 unspecified atom stereocenters. The van der Waals surface area contributed by atoms with Gasteiger partial charge in [-0.05, 0) is 51.3 Å². The number of carbonyl (C=O) groups is 1. The summed E-state index contributed by atoms with van der Waals surface area (Å²) in [6, 6.07) is 12.1. The first-order valence-electron chi connectivity index (χ1n) is 14.9. The Kier molecular flexibility index (Phi) is 11.0. The standard InChI is InChI=1S/C25H32N6O2.C7H13NO/c1-29-10-12-30(13-11-29)8-4-14-33-25-27-22-17-31(9-7-21(22)24(26)28-25)23-16-19(32)15-18-5-2-3-6-20(18)23;1-4-7(9)8(5-2)6-3/h2-3,5-6,15-16,32H,4,7-14,17H2,1H3,(H2,26,27,28);4H,1,5-6H2,2-3H3. The molecular weight excluding hydrogens is 530 g/mol. The van der Waals surface area contributed by atoms with E-state index in [0.29, 0.717) is 25.0 Å². The van der Waals surface area contributed by atoms with Crippen LogP contribution < -0.4 is 15.4 Å². The minimum Gasteiger partial charge on any atom is -0.508 e. The molecular formula is C32H45N7O3. The monoisotopic (exact) mass is 575 g/mol. The van der Waals surface area contributed by atoms with E-state index in [1.54, 1.807) is 11.0 Å². The number of phenols is 1. The van der Waals surface area contributed by atoms with Crippen molar-refractivity contribution in [1.29, 1.82) is 0 Å². The van der Waals surface area contributed by atoms with Gasteiger partial charge in [0.05, 0.1) is 18.8 Å². The number of rotatable bonds is 9. The van der Waals surface area contributed by atoms with Crippen molar-refractivity contribution in [2.75, 3.05) is 76.6 Å². The van der Waals surface area contributed by atoms with Crippen molar-refractivity contribution < 1.29 is 14.6 Å². The molecule has 3 N–H and O–H groups in total. The predicted molar refractivity (Wildman–Crippen MR) is 169 cm³/mol. The minimum absolute atomic E-state index is 0.0139. The van der Waals surface area contributed by atoms with Gasteiger partial charge in [-0.1, -0.05) is 30.8 Å². The van der Waals surface area contributed by atoms with E-state index in [2.05, 4.69) is 39.4 Å². The number of phenolic OH excluding ortho intramolecular Hbond substituents is 1. The van der Waals surface area contributed by atoms with Crippen LogP contribution >= 0.6 is 0 Å². The lowest BCUT2D eigenvalue weighted by Gasteiger charge is -2.32. The van der Waals surface area contributed by atoms with Crippen molar-refractivity contribution in [3.63, 3.8) is 0 Å². The fraction of sp³-hybridized carbons (Fsp3) is 0.469. The molecule has 3 aromatic rings. The summed E-state index contributed by atoms with van der Waals surface area (Å²) in [6.45, 7) is 16.3. The molecule has 1 amide bonds. The fourth-order valence-corrected chi connectivity index (χ4v) is 5.43. The molecule has 10 heteroatoms. The Morgan fingerprint density at radius 3 is 2.55 bits per heavy atom.